The Bertz CT molecular complexity index is 246. The Morgan fingerprint density at radius 3 is 2.69 bits per heavy atom. The first-order chi connectivity index (χ1) is 7.70. The van der Waals surface area contributed by atoms with Crippen molar-refractivity contribution < 1.29 is 14.3 Å². The number of hydrogen-bond donors (Lipinski definition) is 2. The lowest BCUT2D eigenvalue weighted by molar-refractivity contribution is -0.128. The van der Waals surface area contributed by atoms with Crippen LogP contribution in [0.15, 0.2) is 0 Å². The van der Waals surface area contributed by atoms with Crippen molar-refractivity contribution in [2.75, 3.05) is 33.0 Å². The van der Waals surface area contributed by atoms with Crippen molar-refractivity contribution in [3.8, 4) is 0 Å². The summed E-state index contributed by atoms with van der Waals surface area (Å²) >= 11 is 0. The second-order valence-electron chi connectivity index (χ2n) is 4.74. The summed E-state index contributed by atoms with van der Waals surface area (Å²) in [4.78, 5) is 12.0. The Labute approximate surface area is 95.9 Å². The third-order valence-electron chi connectivity index (χ3n) is 3.26. The minimum Gasteiger partial charge on any atom is -0.381 e. The summed E-state index contributed by atoms with van der Waals surface area (Å²) in [5.41, 5.74) is -0.117. The lowest BCUT2D eigenvalue weighted by Gasteiger charge is -2.36. The fraction of sp³-hybridized carbons (Fsp3) is 0.909. The smallest absolute Gasteiger partial charge is 0.239 e. The molecule has 2 aliphatic heterocycles. The molecule has 1 amide bonds. The van der Waals surface area contributed by atoms with Crippen molar-refractivity contribution in [1.29, 1.82) is 0 Å². The number of carbonyl (C=O) groups excluding carboxylic acids is 1. The maximum atomic E-state index is 12.0. The lowest BCUT2D eigenvalue weighted by atomic mass is 9.92. The number of nitrogens with one attached hydrogen (secondary N) is 2. The van der Waals surface area contributed by atoms with Gasteiger partial charge in [-0.2, -0.15) is 0 Å². The van der Waals surface area contributed by atoms with Crippen LogP contribution in [0, 0.1) is 0 Å². The zero-order valence-electron chi connectivity index (χ0n) is 9.75. The maximum absolute atomic E-state index is 12.0. The summed E-state index contributed by atoms with van der Waals surface area (Å²) in [6, 6.07) is -0.201. The van der Waals surface area contributed by atoms with Crippen molar-refractivity contribution >= 4 is 5.91 Å². The topological polar surface area (TPSA) is 59.6 Å². The first kappa shape index (κ1) is 11.8. The average molecular weight is 228 g/mol. The molecule has 2 rings (SSSR count). The molecular formula is C11H20N2O3. The summed E-state index contributed by atoms with van der Waals surface area (Å²) in [6.45, 7) is 5.44. The van der Waals surface area contributed by atoms with E-state index in [0.29, 0.717) is 13.2 Å². The molecule has 1 unspecified atom stereocenters. The van der Waals surface area contributed by atoms with Crippen LogP contribution < -0.4 is 10.6 Å². The molecule has 0 saturated carbocycles. The van der Waals surface area contributed by atoms with E-state index in [1.54, 1.807) is 0 Å². The second kappa shape index (κ2) is 5.12. The Hall–Kier alpha value is -0.650. The highest BCUT2D eigenvalue weighted by atomic mass is 16.5. The van der Waals surface area contributed by atoms with Crippen LogP contribution in [0.4, 0.5) is 0 Å². The molecule has 0 aliphatic carbocycles. The normalized spacial score (nSPS) is 29.7. The van der Waals surface area contributed by atoms with Gasteiger partial charge in [-0.3, -0.25) is 4.79 Å². The van der Waals surface area contributed by atoms with Gasteiger partial charge < -0.3 is 20.1 Å². The van der Waals surface area contributed by atoms with Gasteiger partial charge in [0.2, 0.25) is 5.91 Å². The molecule has 16 heavy (non-hydrogen) atoms. The van der Waals surface area contributed by atoms with E-state index >= 15 is 0 Å². The molecule has 0 aromatic carbocycles. The Morgan fingerprint density at radius 1 is 1.31 bits per heavy atom. The van der Waals surface area contributed by atoms with Gasteiger partial charge in [0.15, 0.2) is 0 Å². The fourth-order valence-electron chi connectivity index (χ4n) is 2.07. The van der Waals surface area contributed by atoms with Gasteiger partial charge in [-0.25, -0.2) is 0 Å². The Balaban J connectivity index is 1.85. The van der Waals surface area contributed by atoms with Gasteiger partial charge in [0, 0.05) is 25.3 Å². The van der Waals surface area contributed by atoms with E-state index in [1.807, 2.05) is 0 Å². The highest BCUT2D eigenvalue weighted by molar-refractivity contribution is 5.82. The van der Waals surface area contributed by atoms with Gasteiger partial charge in [0.05, 0.1) is 13.2 Å². The minimum absolute atomic E-state index is 0.0455. The van der Waals surface area contributed by atoms with Crippen molar-refractivity contribution in [3.05, 3.63) is 0 Å². The van der Waals surface area contributed by atoms with Crippen LogP contribution in [-0.2, 0) is 14.3 Å². The highest BCUT2D eigenvalue weighted by Gasteiger charge is 2.32. The average Bonchev–Trinajstić information content (AvgIpc) is 2.30. The lowest BCUT2D eigenvalue weighted by Crippen LogP contribution is -2.58. The molecule has 2 aliphatic rings. The molecule has 0 bridgehead atoms. The molecule has 0 spiro atoms. The van der Waals surface area contributed by atoms with Crippen LogP contribution in [0.25, 0.3) is 0 Å². The molecule has 2 fully saturated rings. The summed E-state index contributed by atoms with van der Waals surface area (Å²) in [6.07, 6.45) is 1.76. The van der Waals surface area contributed by atoms with Gasteiger partial charge >= 0.3 is 0 Å². The third kappa shape index (κ3) is 2.93. The van der Waals surface area contributed by atoms with E-state index in [9.17, 15) is 4.79 Å². The summed E-state index contributed by atoms with van der Waals surface area (Å²) in [7, 11) is 0. The van der Waals surface area contributed by atoms with E-state index in [4.69, 9.17) is 9.47 Å². The monoisotopic (exact) mass is 228 g/mol. The zero-order valence-corrected chi connectivity index (χ0v) is 9.75. The molecule has 2 heterocycles. The third-order valence-corrected chi connectivity index (χ3v) is 3.26. The Kier molecular flexibility index (Phi) is 3.78. The fourth-order valence-corrected chi connectivity index (χ4v) is 2.07. The van der Waals surface area contributed by atoms with E-state index in [2.05, 4.69) is 17.6 Å². The minimum atomic E-state index is -0.201. The summed E-state index contributed by atoms with van der Waals surface area (Å²) in [5, 5.41) is 6.26. The van der Waals surface area contributed by atoms with Gasteiger partial charge in [-0.05, 0) is 19.8 Å². The van der Waals surface area contributed by atoms with E-state index < -0.39 is 0 Å². The van der Waals surface area contributed by atoms with Gasteiger partial charge in [-0.1, -0.05) is 0 Å². The number of carbonyl (C=O) groups is 1. The van der Waals surface area contributed by atoms with E-state index in [-0.39, 0.29) is 17.5 Å². The van der Waals surface area contributed by atoms with Crippen LogP contribution in [0.5, 0.6) is 0 Å². The molecule has 0 radical (unpaired) electrons. The maximum Gasteiger partial charge on any atom is 0.239 e. The molecule has 2 N–H and O–H groups in total. The number of amides is 1. The molecule has 0 aromatic rings. The number of rotatable bonds is 2. The predicted molar refractivity (Wildman–Crippen MR) is 59.2 cm³/mol. The summed E-state index contributed by atoms with van der Waals surface area (Å²) in [5.74, 6) is 0.0455. The molecular weight excluding hydrogens is 208 g/mol. The molecule has 2 saturated heterocycles. The van der Waals surface area contributed by atoms with Crippen LogP contribution in [-0.4, -0.2) is 50.5 Å². The van der Waals surface area contributed by atoms with Crippen molar-refractivity contribution in [2.24, 2.45) is 0 Å². The number of morpholine rings is 1. The number of hydrogen-bond acceptors (Lipinski definition) is 4. The van der Waals surface area contributed by atoms with Crippen LogP contribution in [0.3, 0.4) is 0 Å². The molecule has 92 valence electrons. The first-order valence-electron chi connectivity index (χ1n) is 5.91. The predicted octanol–water partition coefficient (Wildman–Crippen LogP) is -0.340. The molecule has 5 heteroatoms. The van der Waals surface area contributed by atoms with Gasteiger partial charge in [-0.15, -0.1) is 0 Å². The van der Waals surface area contributed by atoms with Crippen LogP contribution in [0.2, 0.25) is 0 Å². The molecule has 1 atom stereocenters. The molecule has 0 aromatic heterocycles. The van der Waals surface area contributed by atoms with Crippen LogP contribution in [0.1, 0.15) is 19.8 Å². The van der Waals surface area contributed by atoms with Gasteiger partial charge in [0.25, 0.3) is 0 Å². The summed E-state index contributed by atoms with van der Waals surface area (Å²) < 4.78 is 10.6. The highest BCUT2D eigenvalue weighted by Crippen LogP contribution is 2.19. The van der Waals surface area contributed by atoms with Crippen molar-refractivity contribution in [2.45, 2.75) is 31.3 Å². The standard InChI is InChI=1S/C11H20N2O3/c1-11(2-5-15-6-3-11)13-10(14)9-8-16-7-4-12-9/h9,12H,2-8H2,1H3,(H,13,14). The molecule has 5 nitrogen and oxygen atoms in total. The van der Waals surface area contributed by atoms with E-state index in [1.165, 1.54) is 0 Å². The van der Waals surface area contributed by atoms with Crippen LogP contribution >= 0.6 is 0 Å². The number of ether oxygens (including phenoxy) is 2. The quantitative estimate of drug-likeness (QED) is 0.679. The van der Waals surface area contributed by atoms with Crippen molar-refractivity contribution in [1.82, 2.24) is 10.6 Å². The largest absolute Gasteiger partial charge is 0.381 e. The van der Waals surface area contributed by atoms with Gasteiger partial charge in [0.1, 0.15) is 6.04 Å². The second-order valence-corrected chi connectivity index (χ2v) is 4.74. The SMILES string of the molecule is CC1(NC(=O)C2COCCN2)CCOCC1. The zero-order chi connectivity index (χ0) is 11.4. The Morgan fingerprint density at radius 2 is 2.06 bits per heavy atom. The first-order valence-corrected chi connectivity index (χ1v) is 5.91. The van der Waals surface area contributed by atoms with E-state index in [0.717, 1.165) is 32.6 Å². The van der Waals surface area contributed by atoms with Crippen molar-refractivity contribution in [3.63, 3.8) is 0 Å².